The molecule has 0 radical (unpaired) electrons. The second-order valence-corrected chi connectivity index (χ2v) is 9.90. The van der Waals surface area contributed by atoms with Gasteiger partial charge < -0.3 is 4.74 Å². The molecule has 0 N–H and O–H groups in total. The minimum absolute atomic E-state index is 0.0460. The molecule has 1 aliphatic heterocycles. The molecule has 3 aromatic rings. The number of nitrogens with zero attached hydrogens (tertiary/aromatic N) is 3. The number of esters is 1. The van der Waals surface area contributed by atoms with Crippen LogP contribution in [0.5, 0.6) is 0 Å². The van der Waals surface area contributed by atoms with Gasteiger partial charge in [-0.2, -0.15) is 5.10 Å². The van der Waals surface area contributed by atoms with E-state index in [9.17, 15) is 13.2 Å². The smallest absolute Gasteiger partial charge is 0.339 e. The van der Waals surface area contributed by atoms with E-state index >= 15 is 0 Å². The predicted molar refractivity (Wildman–Crippen MR) is 109 cm³/mol. The second-order valence-electron chi connectivity index (χ2n) is 7.67. The molecule has 2 aliphatic rings. The Morgan fingerprint density at radius 2 is 2.00 bits per heavy atom. The van der Waals surface area contributed by atoms with Crippen LogP contribution >= 0.6 is 0 Å². The molecule has 8 heteroatoms. The zero-order valence-electron chi connectivity index (χ0n) is 16.1. The van der Waals surface area contributed by atoms with Gasteiger partial charge in [-0.1, -0.05) is 30.3 Å². The lowest BCUT2D eigenvalue weighted by molar-refractivity contribution is 0.0601. The van der Waals surface area contributed by atoms with E-state index in [1.807, 2.05) is 30.3 Å². The second kappa shape index (κ2) is 6.66. The molecule has 5 rings (SSSR count). The first-order chi connectivity index (χ1) is 14.0. The number of hydrogen-bond acceptors (Lipinski definition) is 6. The van der Waals surface area contributed by atoms with Crippen LogP contribution in [0, 0.1) is 0 Å². The number of fused-ring (bicyclic) bond motifs is 2. The van der Waals surface area contributed by atoms with Crippen molar-refractivity contribution in [3.05, 3.63) is 47.2 Å². The summed E-state index contributed by atoms with van der Waals surface area (Å²) in [7, 11) is -1.71. The topological polar surface area (TPSA) is 91.2 Å². The lowest BCUT2D eigenvalue weighted by atomic mass is 9.99. The number of benzene rings is 1. The standard InChI is InChI=1S/C21H21N3O4S/c1-28-21(25)17-15-8-5-9-16(15)22-20-18(17)19(13-6-3-2-4-7-13)23-24(20)14-10-11-29(26,27)12-14/h2-4,6-7,14H,5,8-12H2,1H3. The molecule has 0 saturated carbocycles. The third-order valence-electron chi connectivity index (χ3n) is 5.86. The van der Waals surface area contributed by atoms with Crippen molar-refractivity contribution in [3.8, 4) is 11.3 Å². The first-order valence-corrected chi connectivity index (χ1v) is 11.6. The summed E-state index contributed by atoms with van der Waals surface area (Å²) in [5, 5.41) is 5.47. The Bertz CT molecular complexity index is 1230. The van der Waals surface area contributed by atoms with Gasteiger partial charge in [-0.15, -0.1) is 0 Å². The molecule has 0 amide bonds. The molecule has 7 nitrogen and oxygen atoms in total. The van der Waals surface area contributed by atoms with Crippen LogP contribution in [0.15, 0.2) is 30.3 Å². The highest BCUT2D eigenvalue weighted by Crippen LogP contribution is 2.38. The summed E-state index contributed by atoms with van der Waals surface area (Å²) >= 11 is 0. The number of hydrogen-bond donors (Lipinski definition) is 0. The third-order valence-corrected chi connectivity index (χ3v) is 7.61. The van der Waals surface area contributed by atoms with Crippen molar-refractivity contribution in [2.75, 3.05) is 18.6 Å². The number of ether oxygens (including phenoxy) is 1. The molecule has 1 aromatic carbocycles. The first-order valence-electron chi connectivity index (χ1n) is 9.76. The van der Waals surface area contributed by atoms with Crippen LogP contribution < -0.4 is 0 Å². The van der Waals surface area contributed by atoms with E-state index in [0.717, 1.165) is 36.1 Å². The Morgan fingerprint density at radius 3 is 2.69 bits per heavy atom. The Balaban J connectivity index is 1.85. The van der Waals surface area contributed by atoms with E-state index in [0.29, 0.717) is 28.7 Å². The number of aromatic nitrogens is 3. The van der Waals surface area contributed by atoms with Gasteiger partial charge in [-0.25, -0.2) is 22.9 Å². The SMILES string of the molecule is COC(=O)c1c2c(nc3c1c(-c1ccccc1)nn3C1CCS(=O)(=O)C1)CCC2. The molecule has 3 heterocycles. The third kappa shape index (κ3) is 2.93. The summed E-state index contributed by atoms with van der Waals surface area (Å²) in [6.07, 6.45) is 3.01. The van der Waals surface area contributed by atoms with Crippen molar-refractivity contribution in [3.63, 3.8) is 0 Å². The van der Waals surface area contributed by atoms with Crippen molar-refractivity contribution >= 4 is 26.8 Å². The molecule has 1 aliphatic carbocycles. The molecule has 1 atom stereocenters. The van der Waals surface area contributed by atoms with Crippen LogP contribution in [0.25, 0.3) is 22.3 Å². The van der Waals surface area contributed by atoms with Gasteiger partial charge in [-0.05, 0) is 31.2 Å². The molecule has 1 fully saturated rings. The molecule has 150 valence electrons. The number of rotatable bonds is 3. The van der Waals surface area contributed by atoms with Crippen LogP contribution in [0.1, 0.15) is 40.5 Å². The number of methoxy groups -OCH3 is 1. The van der Waals surface area contributed by atoms with Crippen LogP contribution in [0.2, 0.25) is 0 Å². The van der Waals surface area contributed by atoms with Gasteiger partial charge in [0.25, 0.3) is 0 Å². The summed E-state index contributed by atoms with van der Waals surface area (Å²) in [6, 6.07) is 9.34. The van der Waals surface area contributed by atoms with Crippen molar-refractivity contribution in [2.24, 2.45) is 0 Å². The van der Waals surface area contributed by atoms with E-state index in [1.165, 1.54) is 7.11 Å². The average molecular weight is 411 g/mol. The fourth-order valence-corrected chi connectivity index (χ4v) is 6.20. The number of carbonyl (C=O) groups excluding carboxylic acids is 1. The zero-order valence-corrected chi connectivity index (χ0v) is 16.9. The molecule has 0 spiro atoms. The largest absolute Gasteiger partial charge is 0.465 e. The molecule has 2 aromatic heterocycles. The van der Waals surface area contributed by atoms with Crippen molar-refractivity contribution in [1.82, 2.24) is 14.8 Å². The summed E-state index contributed by atoms with van der Waals surface area (Å²) in [6.45, 7) is 0. The normalized spacial score (nSPS) is 20.1. The predicted octanol–water partition coefficient (Wildman–Crippen LogP) is 2.73. The van der Waals surface area contributed by atoms with Gasteiger partial charge in [-0.3, -0.25) is 0 Å². The number of aryl methyl sites for hydroxylation is 1. The van der Waals surface area contributed by atoms with Crippen molar-refractivity contribution in [2.45, 2.75) is 31.7 Å². The molecule has 1 unspecified atom stereocenters. The molecular weight excluding hydrogens is 390 g/mol. The number of carbonyl (C=O) groups is 1. The summed E-state index contributed by atoms with van der Waals surface area (Å²) in [5.41, 5.74) is 4.43. The Morgan fingerprint density at radius 1 is 1.21 bits per heavy atom. The summed E-state index contributed by atoms with van der Waals surface area (Å²) in [5.74, 6) is -0.204. The number of pyridine rings is 1. The van der Waals surface area contributed by atoms with Crippen LogP contribution in [-0.4, -0.2) is 47.8 Å². The van der Waals surface area contributed by atoms with Gasteiger partial charge in [0.05, 0.1) is 35.6 Å². The summed E-state index contributed by atoms with van der Waals surface area (Å²) < 4.78 is 31.1. The zero-order chi connectivity index (χ0) is 20.2. The van der Waals surface area contributed by atoms with Gasteiger partial charge in [0.2, 0.25) is 0 Å². The van der Waals surface area contributed by atoms with E-state index in [2.05, 4.69) is 0 Å². The van der Waals surface area contributed by atoms with Gasteiger partial charge in [0.15, 0.2) is 15.5 Å². The maximum absolute atomic E-state index is 12.8. The van der Waals surface area contributed by atoms with Crippen LogP contribution in [0.3, 0.4) is 0 Å². The lowest BCUT2D eigenvalue weighted by Gasteiger charge is -2.12. The van der Waals surface area contributed by atoms with E-state index in [1.54, 1.807) is 4.68 Å². The maximum Gasteiger partial charge on any atom is 0.339 e. The molecule has 1 saturated heterocycles. The average Bonchev–Trinajstić information content (AvgIpc) is 3.42. The highest BCUT2D eigenvalue weighted by molar-refractivity contribution is 7.91. The number of sulfone groups is 1. The minimum Gasteiger partial charge on any atom is -0.465 e. The van der Waals surface area contributed by atoms with E-state index in [-0.39, 0.29) is 17.5 Å². The van der Waals surface area contributed by atoms with Gasteiger partial charge in [0.1, 0.15) is 5.69 Å². The fraction of sp³-hybridized carbons (Fsp3) is 0.381. The highest BCUT2D eigenvalue weighted by atomic mass is 32.2. The van der Waals surface area contributed by atoms with Crippen LogP contribution in [-0.2, 0) is 27.4 Å². The van der Waals surface area contributed by atoms with E-state index in [4.69, 9.17) is 14.8 Å². The van der Waals surface area contributed by atoms with Crippen LogP contribution in [0.4, 0.5) is 0 Å². The molecule has 29 heavy (non-hydrogen) atoms. The van der Waals surface area contributed by atoms with E-state index < -0.39 is 15.8 Å². The Kier molecular flexibility index (Phi) is 4.20. The minimum atomic E-state index is -3.09. The maximum atomic E-state index is 12.8. The van der Waals surface area contributed by atoms with Crippen molar-refractivity contribution < 1.29 is 17.9 Å². The first kappa shape index (κ1) is 18.3. The monoisotopic (exact) mass is 411 g/mol. The fourth-order valence-electron chi connectivity index (χ4n) is 4.51. The van der Waals surface area contributed by atoms with Gasteiger partial charge in [0, 0.05) is 11.3 Å². The highest BCUT2D eigenvalue weighted by Gasteiger charge is 2.35. The Hall–Kier alpha value is -2.74. The van der Waals surface area contributed by atoms with Gasteiger partial charge >= 0.3 is 5.97 Å². The quantitative estimate of drug-likeness (QED) is 0.616. The van der Waals surface area contributed by atoms with Crippen molar-refractivity contribution in [1.29, 1.82) is 0 Å². The Labute approximate surface area is 168 Å². The molecular formula is C21H21N3O4S. The summed E-state index contributed by atoms with van der Waals surface area (Å²) in [4.78, 5) is 17.7. The molecule has 0 bridgehead atoms. The lowest BCUT2D eigenvalue weighted by Crippen LogP contribution is -2.14.